The Morgan fingerprint density at radius 1 is 1.22 bits per heavy atom. The Labute approximate surface area is 160 Å². The smallest absolute Gasteiger partial charge is 0.247 e. The third kappa shape index (κ3) is 3.95. The minimum absolute atomic E-state index is 0.0234. The van der Waals surface area contributed by atoms with E-state index in [0.717, 1.165) is 16.7 Å². The average Bonchev–Trinajstić information content (AvgIpc) is 2.95. The van der Waals surface area contributed by atoms with Crippen molar-refractivity contribution in [3.63, 3.8) is 0 Å². The summed E-state index contributed by atoms with van der Waals surface area (Å²) in [5.74, 6) is -0.879. The van der Waals surface area contributed by atoms with E-state index in [4.69, 9.17) is 4.74 Å². The number of carbonyl (C=O) groups excluding carboxylic acids is 2. The van der Waals surface area contributed by atoms with Crippen LogP contribution < -0.4 is 15.0 Å². The van der Waals surface area contributed by atoms with Gasteiger partial charge in [0.05, 0.1) is 18.5 Å². The Hall–Kier alpha value is -2.87. The maximum absolute atomic E-state index is 14.0. The summed E-state index contributed by atoms with van der Waals surface area (Å²) in [6.45, 7) is 0. The van der Waals surface area contributed by atoms with Gasteiger partial charge in [-0.2, -0.15) is 0 Å². The highest BCUT2D eigenvalue weighted by Gasteiger charge is 2.41. The van der Waals surface area contributed by atoms with E-state index in [2.05, 4.69) is 10.3 Å². The summed E-state index contributed by atoms with van der Waals surface area (Å²) >= 11 is 1.13. The van der Waals surface area contributed by atoms with Gasteiger partial charge >= 0.3 is 0 Å². The van der Waals surface area contributed by atoms with Crippen LogP contribution in [0.4, 0.5) is 15.8 Å². The molecule has 3 rings (SSSR count). The number of methoxy groups -OCH3 is 1. The molecule has 2 amide bonds. The van der Waals surface area contributed by atoms with E-state index < -0.39 is 22.9 Å². The minimum atomic E-state index is -0.682. The van der Waals surface area contributed by atoms with Crippen molar-refractivity contribution in [1.29, 1.82) is 0 Å². The van der Waals surface area contributed by atoms with Gasteiger partial charge in [-0.25, -0.2) is 9.29 Å². The molecule has 1 atom stereocenters. The molecule has 1 fully saturated rings. The van der Waals surface area contributed by atoms with Crippen molar-refractivity contribution in [3.05, 3.63) is 54.3 Å². The summed E-state index contributed by atoms with van der Waals surface area (Å²) in [7, 11) is 3.14. The molecule has 1 aliphatic rings. The minimum Gasteiger partial charge on any atom is -0.495 e. The summed E-state index contributed by atoms with van der Waals surface area (Å²) < 4.78 is 19.3. The standard InChI is InChI=1S/C19H18FN3O3S/c1-21-19(22-13-8-4-6-10-15(13)26-2)27-16-11-17(24)23(18(16)25)14-9-5-3-7-12(14)20/h3-10,16H,11H2,1-2H3,(H,21,22). The lowest BCUT2D eigenvalue weighted by atomic mass is 10.3. The largest absolute Gasteiger partial charge is 0.495 e. The number of nitrogens with one attached hydrogen (secondary N) is 1. The quantitative estimate of drug-likeness (QED) is 0.495. The lowest BCUT2D eigenvalue weighted by Gasteiger charge is -2.16. The molecule has 1 aliphatic heterocycles. The number of amidine groups is 1. The Kier molecular flexibility index (Phi) is 5.75. The van der Waals surface area contributed by atoms with Crippen LogP contribution in [0, 0.1) is 5.82 Å². The topological polar surface area (TPSA) is 71.0 Å². The molecule has 0 aliphatic carbocycles. The molecule has 0 radical (unpaired) electrons. The Morgan fingerprint density at radius 3 is 2.63 bits per heavy atom. The molecule has 27 heavy (non-hydrogen) atoms. The van der Waals surface area contributed by atoms with Crippen LogP contribution in [-0.4, -0.2) is 36.4 Å². The molecule has 1 unspecified atom stereocenters. The van der Waals surface area contributed by atoms with Gasteiger partial charge in [-0.1, -0.05) is 36.0 Å². The first-order chi connectivity index (χ1) is 13.0. The number of carbonyl (C=O) groups is 2. The first-order valence-electron chi connectivity index (χ1n) is 8.20. The van der Waals surface area contributed by atoms with Crippen LogP contribution in [0.1, 0.15) is 6.42 Å². The zero-order valence-electron chi connectivity index (χ0n) is 14.8. The molecule has 0 spiro atoms. The van der Waals surface area contributed by atoms with E-state index in [1.807, 2.05) is 18.2 Å². The molecule has 140 valence electrons. The van der Waals surface area contributed by atoms with Crippen molar-refractivity contribution < 1.29 is 18.7 Å². The summed E-state index contributed by atoms with van der Waals surface area (Å²) in [5, 5.41) is 2.89. The molecule has 0 aromatic heterocycles. The van der Waals surface area contributed by atoms with Crippen molar-refractivity contribution in [2.45, 2.75) is 11.7 Å². The van der Waals surface area contributed by atoms with Crippen LogP contribution in [0.25, 0.3) is 0 Å². The van der Waals surface area contributed by atoms with Crippen LogP contribution in [0.3, 0.4) is 0 Å². The predicted molar refractivity (Wildman–Crippen MR) is 105 cm³/mol. The van der Waals surface area contributed by atoms with Gasteiger partial charge in [0.15, 0.2) is 5.17 Å². The fourth-order valence-electron chi connectivity index (χ4n) is 2.72. The Bertz CT molecular complexity index is 903. The first kappa shape index (κ1) is 18.9. The number of ether oxygens (including phenoxy) is 1. The number of imide groups is 1. The highest BCUT2D eigenvalue weighted by atomic mass is 32.2. The van der Waals surface area contributed by atoms with E-state index >= 15 is 0 Å². The number of anilines is 2. The number of para-hydroxylation sites is 3. The molecule has 6 nitrogen and oxygen atoms in total. The normalized spacial score (nSPS) is 17.4. The highest BCUT2D eigenvalue weighted by molar-refractivity contribution is 8.15. The van der Waals surface area contributed by atoms with Crippen molar-refractivity contribution >= 4 is 40.1 Å². The van der Waals surface area contributed by atoms with Gasteiger partial charge in [0.1, 0.15) is 16.8 Å². The van der Waals surface area contributed by atoms with Crippen LogP contribution in [-0.2, 0) is 9.59 Å². The number of halogens is 1. The van der Waals surface area contributed by atoms with Gasteiger partial charge in [-0.3, -0.25) is 14.6 Å². The molecule has 0 saturated carbocycles. The maximum atomic E-state index is 14.0. The number of benzene rings is 2. The van der Waals surface area contributed by atoms with Gasteiger partial charge in [-0.05, 0) is 24.3 Å². The number of aliphatic imine (C=N–C) groups is 1. The number of rotatable bonds is 4. The molecule has 1 heterocycles. The third-order valence-electron chi connectivity index (χ3n) is 4.00. The monoisotopic (exact) mass is 387 g/mol. The van der Waals surface area contributed by atoms with Crippen molar-refractivity contribution in [2.75, 3.05) is 24.4 Å². The number of hydrogen-bond donors (Lipinski definition) is 1. The number of nitrogens with zero attached hydrogens (tertiary/aromatic N) is 2. The first-order valence-corrected chi connectivity index (χ1v) is 9.08. The second-order valence-electron chi connectivity index (χ2n) is 5.68. The molecule has 2 aromatic rings. The molecule has 2 aromatic carbocycles. The van der Waals surface area contributed by atoms with Gasteiger partial charge in [0.2, 0.25) is 11.8 Å². The van der Waals surface area contributed by atoms with Crippen LogP contribution in [0.15, 0.2) is 53.5 Å². The molecule has 1 N–H and O–H groups in total. The molecule has 1 saturated heterocycles. The van der Waals surface area contributed by atoms with E-state index in [1.165, 1.54) is 18.2 Å². The Morgan fingerprint density at radius 2 is 1.93 bits per heavy atom. The van der Waals surface area contributed by atoms with Crippen molar-refractivity contribution in [2.24, 2.45) is 4.99 Å². The third-order valence-corrected chi connectivity index (χ3v) is 5.16. The van der Waals surface area contributed by atoms with E-state index in [0.29, 0.717) is 16.6 Å². The molecular formula is C19H18FN3O3S. The SMILES string of the molecule is CN=C(Nc1ccccc1OC)SC1CC(=O)N(c2ccccc2F)C1=O. The lowest BCUT2D eigenvalue weighted by molar-refractivity contribution is -0.121. The summed E-state index contributed by atoms with van der Waals surface area (Å²) in [6.07, 6.45) is -0.0234. The van der Waals surface area contributed by atoms with Gasteiger partial charge in [0.25, 0.3) is 0 Å². The molecule has 8 heteroatoms. The second kappa shape index (κ2) is 8.22. The summed E-state index contributed by atoms with van der Waals surface area (Å²) in [6, 6.07) is 13.0. The second-order valence-corrected chi connectivity index (χ2v) is 6.87. The molecule has 0 bridgehead atoms. The van der Waals surface area contributed by atoms with Gasteiger partial charge in [0, 0.05) is 13.5 Å². The number of thioether (sulfide) groups is 1. The van der Waals surface area contributed by atoms with Crippen LogP contribution >= 0.6 is 11.8 Å². The highest BCUT2D eigenvalue weighted by Crippen LogP contribution is 2.33. The fraction of sp³-hybridized carbons (Fsp3) is 0.211. The fourth-order valence-corrected chi connectivity index (χ4v) is 3.69. The van der Waals surface area contributed by atoms with E-state index in [1.54, 1.807) is 26.3 Å². The van der Waals surface area contributed by atoms with Crippen LogP contribution in [0.5, 0.6) is 5.75 Å². The zero-order valence-corrected chi connectivity index (χ0v) is 15.6. The average molecular weight is 387 g/mol. The predicted octanol–water partition coefficient (Wildman–Crippen LogP) is 3.30. The summed E-state index contributed by atoms with van der Waals surface area (Å²) in [5.41, 5.74) is 0.666. The maximum Gasteiger partial charge on any atom is 0.247 e. The van der Waals surface area contributed by atoms with Gasteiger partial charge in [-0.15, -0.1) is 0 Å². The summed E-state index contributed by atoms with van der Waals surface area (Å²) in [4.78, 5) is 30.1. The van der Waals surface area contributed by atoms with Crippen molar-refractivity contribution in [1.82, 2.24) is 0 Å². The molecular weight excluding hydrogens is 369 g/mol. The van der Waals surface area contributed by atoms with Gasteiger partial charge < -0.3 is 10.1 Å². The lowest BCUT2D eigenvalue weighted by Crippen LogP contribution is -2.32. The van der Waals surface area contributed by atoms with E-state index in [-0.39, 0.29) is 12.1 Å². The number of hydrogen-bond acceptors (Lipinski definition) is 5. The zero-order chi connectivity index (χ0) is 19.4. The Balaban J connectivity index is 1.76. The van der Waals surface area contributed by atoms with Crippen molar-refractivity contribution in [3.8, 4) is 5.75 Å². The van der Waals surface area contributed by atoms with Crippen LogP contribution in [0.2, 0.25) is 0 Å². The number of amides is 2. The van der Waals surface area contributed by atoms with E-state index in [9.17, 15) is 14.0 Å².